The van der Waals surface area contributed by atoms with Crippen LogP contribution in [0.1, 0.15) is 60.3 Å². The lowest BCUT2D eigenvalue weighted by molar-refractivity contribution is 0.0289. The van der Waals surface area contributed by atoms with Gasteiger partial charge in [-0.25, -0.2) is 0 Å². The highest BCUT2D eigenvalue weighted by atomic mass is 16.3. The van der Waals surface area contributed by atoms with Crippen LogP contribution >= 0.6 is 0 Å². The molecule has 92 valence electrons. The molecule has 1 rings (SSSR count). The Morgan fingerprint density at radius 2 is 2.00 bits per heavy atom. The van der Waals surface area contributed by atoms with E-state index < -0.39 is 0 Å². The van der Waals surface area contributed by atoms with Crippen LogP contribution in [0, 0.1) is 5.41 Å². The molecule has 0 saturated heterocycles. The van der Waals surface area contributed by atoms with Crippen molar-refractivity contribution in [2.75, 3.05) is 0 Å². The molecule has 0 aliphatic heterocycles. The van der Waals surface area contributed by atoms with Crippen LogP contribution in [0.4, 0.5) is 0 Å². The molecule has 0 aromatic heterocycles. The van der Waals surface area contributed by atoms with Crippen LogP contribution in [0.15, 0.2) is 22.8 Å². The molecule has 0 heterocycles. The van der Waals surface area contributed by atoms with Crippen molar-refractivity contribution >= 4 is 0 Å². The summed E-state index contributed by atoms with van der Waals surface area (Å²) in [5.74, 6) is 0. The van der Waals surface area contributed by atoms with E-state index in [-0.39, 0.29) is 11.5 Å². The SMILES string of the molecule is CC(C)=CCC1(C(C)O)CCC(C)=C(C)C1. The summed E-state index contributed by atoms with van der Waals surface area (Å²) in [4.78, 5) is 0. The Labute approximate surface area is 100 Å². The van der Waals surface area contributed by atoms with Gasteiger partial charge in [-0.3, -0.25) is 0 Å². The van der Waals surface area contributed by atoms with E-state index in [1.165, 1.54) is 16.7 Å². The Morgan fingerprint density at radius 1 is 1.38 bits per heavy atom. The predicted molar refractivity (Wildman–Crippen MR) is 70.4 cm³/mol. The molecule has 16 heavy (non-hydrogen) atoms. The maximum atomic E-state index is 10.1. The molecule has 1 aliphatic carbocycles. The second-order valence-electron chi connectivity index (χ2n) is 5.76. The van der Waals surface area contributed by atoms with Gasteiger partial charge in [-0.15, -0.1) is 0 Å². The smallest absolute Gasteiger partial charge is 0.0574 e. The first-order valence-corrected chi connectivity index (χ1v) is 6.34. The number of aliphatic hydroxyl groups is 1. The molecule has 1 heteroatoms. The maximum absolute atomic E-state index is 10.1. The summed E-state index contributed by atoms with van der Waals surface area (Å²) in [7, 11) is 0. The first-order chi connectivity index (χ1) is 7.37. The van der Waals surface area contributed by atoms with Gasteiger partial charge in [0.15, 0.2) is 0 Å². The van der Waals surface area contributed by atoms with Gasteiger partial charge < -0.3 is 5.11 Å². The van der Waals surface area contributed by atoms with Crippen LogP contribution in [-0.4, -0.2) is 11.2 Å². The Morgan fingerprint density at radius 3 is 2.44 bits per heavy atom. The Balaban J connectivity index is 2.88. The average molecular weight is 222 g/mol. The van der Waals surface area contributed by atoms with Gasteiger partial charge in [0.1, 0.15) is 0 Å². The van der Waals surface area contributed by atoms with E-state index in [1.54, 1.807) is 0 Å². The van der Waals surface area contributed by atoms with E-state index in [0.29, 0.717) is 0 Å². The fourth-order valence-electron chi connectivity index (χ4n) is 2.53. The Bertz CT molecular complexity index is 305. The second kappa shape index (κ2) is 5.18. The topological polar surface area (TPSA) is 20.2 Å². The van der Waals surface area contributed by atoms with Crippen LogP contribution < -0.4 is 0 Å². The molecule has 0 aromatic rings. The molecule has 0 spiro atoms. The van der Waals surface area contributed by atoms with Crippen molar-refractivity contribution in [2.24, 2.45) is 5.41 Å². The van der Waals surface area contributed by atoms with Gasteiger partial charge in [-0.05, 0) is 60.3 Å². The maximum Gasteiger partial charge on any atom is 0.0574 e. The number of allylic oxidation sites excluding steroid dienone is 4. The van der Waals surface area contributed by atoms with Gasteiger partial charge in [0, 0.05) is 5.41 Å². The van der Waals surface area contributed by atoms with Gasteiger partial charge in [0.05, 0.1) is 6.10 Å². The van der Waals surface area contributed by atoms with E-state index in [9.17, 15) is 5.11 Å². The molecule has 0 amide bonds. The molecule has 1 nitrogen and oxygen atoms in total. The van der Waals surface area contributed by atoms with Crippen LogP contribution in [0.25, 0.3) is 0 Å². The van der Waals surface area contributed by atoms with Crippen LogP contribution in [0.2, 0.25) is 0 Å². The normalized spacial score (nSPS) is 27.9. The third-order valence-electron chi connectivity index (χ3n) is 4.15. The highest BCUT2D eigenvalue weighted by molar-refractivity contribution is 5.18. The van der Waals surface area contributed by atoms with Crippen LogP contribution in [-0.2, 0) is 0 Å². The quantitative estimate of drug-likeness (QED) is 0.708. The second-order valence-corrected chi connectivity index (χ2v) is 5.76. The predicted octanol–water partition coefficient (Wildman–Crippen LogP) is 4.23. The summed E-state index contributed by atoms with van der Waals surface area (Å²) in [6, 6.07) is 0. The first kappa shape index (κ1) is 13.5. The van der Waals surface area contributed by atoms with Crippen LogP contribution in [0.3, 0.4) is 0 Å². The minimum Gasteiger partial charge on any atom is -0.393 e. The number of hydrogen-bond donors (Lipinski definition) is 1. The standard InChI is InChI=1S/C15H26O/c1-11(2)6-8-15(14(5)16)9-7-12(3)13(4)10-15/h6,14,16H,7-10H2,1-5H3. The number of rotatable bonds is 3. The van der Waals surface area contributed by atoms with Gasteiger partial charge in [0.2, 0.25) is 0 Å². The molecule has 2 atom stereocenters. The molecule has 1 aliphatic rings. The Hall–Kier alpha value is -0.560. The van der Waals surface area contributed by atoms with Gasteiger partial charge in [-0.1, -0.05) is 22.8 Å². The fraction of sp³-hybridized carbons (Fsp3) is 0.733. The zero-order valence-corrected chi connectivity index (χ0v) is 11.4. The summed E-state index contributed by atoms with van der Waals surface area (Å²) in [5, 5.41) is 10.1. The minimum atomic E-state index is -0.217. The zero-order chi connectivity index (χ0) is 12.3. The van der Waals surface area contributed by atoms with E-state index in [2.05, 4.69) is 33.8 Å². The molecule has 2 unspecified atom stereocenters. The monoisotopic (exact) mass is 222 g/mol. The Kier molecular flexibility index (Phi) is 4.37. The lowest BCUT2D eigenvalue weighted by Gasteiger charge is -2.40. The van der Waals surface area contributed by atoms with Gasteiger partial charge in [0.25, 0.3) is 0 Å². The molecule has 0 saturated carbocycles. The fourth-order valence-corrected chi connectivity index (χ4v) is 2.53. The third kappa shape index (κ3) is 2.98. The summed E-state index contributed by atoms with van der Waals surface area (Å²) in [6.07, 6.45) is 6.40. The van der Waals surface area contributed by atoms with Crippen molar-refractivity contribution in [3.8, 4) is 0 Å². The largest absolute Gasteiger partial charge is 0.393 e. The molecule has 0 fully saturated rings. The van der Waals surface area contributed by atoms with E-state index in [4.69, 9.17) is 0 Å². The molecule has 0 bridgehead atoms. The third-order valence-corrected chi connectivity index (χ3v) is 4.15. The van der Waals surface area contributed by atoms with Crippen molar-refractivity contribution in [3.05, 3.63) is 22.8 Å². The molecular weight excluding hydrogens is 196 g/mol. The average Bonchev–Trinajstić information content (AvgIpc) is 2.20. The summed E-state index contributed by atoms with van der Waals surface area (Å²) < 4.78 is 0. The summed E-state index contributed by atoms with van der Waals surface area (Å²) in [5.41, 5.74) is 4.44. The summed E-state index contributed by atoms with van der Waals surface area (Å²) >= 11 is 0. The lowest BCUT2D eigenvalue weighted by Crippen LogP contribution is -2.35. The number of aliphatic hydroxyl groups excluding tert-OH is 1. The van der Waals surface area contributed by atoms with E-state index >= 15 is 0 Å². The van der Waals surface area contributed by atoms with E-state index in [1.807, 2.05) is 6.92 Å². The first-order valence-electron chi connectivity index (χ1n) is 6.34. The van der Waals surface area contributed by atoms with Gasteiger partial charge >= 0.3 is 0 Å². The van der Waals surface area contributed by atoms with Crippen LogP contribution in [0.5, 0.6) is 0 Å². The van der Waals surface area contributed by atoms with Gasteiger partial charge in [-0.2, -0.15) is 0 Å². The molecule has 1 N–H and O–H groups in total. The highest BCUT2D eigenvalue weighted by Crippen LogP contribution is 2.44. The lowest BCUT2D eigenvalue weighted by atomic mass is 9.67. The molecule has 0 aromatic carbocycles. The van der Waals surface area contributed by atoms with Crippen molar-refractivity contribution in [2.45, 2.75) is 66.4 Å². The molecule has 0 radical (unpaired) electrons. The zero-order valence-electron chi connectivity index (χ0n) is 11.4. The van der Waals surface area contributed by atoms with Crippen molar-refractivity contribution in [3.63, 3.8) is 0 Å². The van der Waals surface area contributed by atoms with Crippen molar-refractivity contribution < 1.29 is 5.11 Å². The van der Waals surface area contributed by atoms with E-state index in [0.717, 1.165) is 25.7 Å². The van der Waals surface area contributed by atoms with Crippen molar-refractivity contribution in [1.29, 1.82) is 0 Å². The number of hydrogen-bond acceptors (Lipinski definition) is 1. The van der Waals surface area contributed by atoms with Crippen molar-refractivity contribution in [1.82, 2.24) is 0 Å². The highest BCUT2D eigenvalue weighted by Gasteiger charge is 2.36. The minimum absolute atomic E-state index is 0.0842. The summed E-state index contributed by atoms with van der Waals surface area (Å²) in [6.45, 7) is 10.7. The molecular formula is C15H26O.